The van der Waals surface area contributed by atoms with Crippen LogP contribution in [0.25, 0.3) is 0 Å². The molecule has 5 heteroatoms. The van der Waals surface area contributed by atoms with Crippen LogP contribution < -0.4 is 14.2 Å². The van der Waals surface area contributed by atoms with E-state index in [1.807, 2.05) is 67.6 Å². The molecule has 29 heavy (non-hydrogen) atoms. The monoisotopic (exact) mass is 388 g/mol. The van der Waals surface area contributed by atoms with Gasteiger partial charge in [0.2, 0.25) is 0 Å². The van der Waals surface area contributed by atoms with Crippen molar-refractivity contribution in [3.8, 4) is 17.2 Å². The van der Waals surface area contributed by atoms with Crippen LogP contribution in [0.5, 0.6) is 17.2 Å². The molecular weight excluding hydrogens is 364 g/mol. The molecule has 0 spiro atoms. The minimum absolute atomic E-state index is 0.727. The average molecular weight is 388 g/mol. The summed E-state index contributed by atoms with van der Waals surface area (Å²) in [6.07, 6.45) is 3.61. The summed E-state index contributed by atoms with van der Waals surface area (Å²) >= 11 is 0. The van der Waals surface area contributed by atoms with Gasteiger partial charge in [-0.3, -0.25) is 9.98 Å². The molecule has 0 amide bonds. The average Bonchev–Trinajstić information content (AvgIpc) is 2.76. The van der Waals surface area contributed by atoms with E-state index < -0.39 is 0 Å². The van der Waals surface area contributed by atoms with Gasteiger partial charge in [0.05, 0.1) is 32.7 Å². The van der Waals surface area contributed by atoms with Gasteiger partial charge in [0.1, 0.15) is 17.2 Å². The predicted molar refractivity (Wildman–Crippen MR) is 118 cm³/mol. The molecule has 0 aromatic heterocycles. The maximum atomic E-state index is 5.66. The number of aryl methyl sites for hydroxylation is 1. The quantitative estimate of drug-likeness (QED) is 0.501. The molecule has 0 saturated carbocycles. The van der Waals surface area contributed by atoms with Crippen molar-refractivity contribution in [3.63, 3.8) is 0 Å². The topological polar surface area (TPSA) is 52.4 Å². The normalized spacial score (nSPS) is 11.2. The number of aliphatic imine (C=N–C) groups is 2. The minimum atomic E-state index is 0.727. The molecule has 0 N–H and O–H groups in total. The Balaban J connectivity index is 1.89. The molecule has 5 nitrogen and oxygen atoms in total. The summed E-state index contributed by atoms with van der Waals surface area (Å²) in [6, 6.07) is 19.2. The van der Waals surface area contributed by atoms with Crippen molar-refractivity contribution in [1.29, 1.82) is 0 Å². The Morgan fingerprint density at radius 1 is 0.621 bits per heavy atom. The molecule has 0 atom stereocenters. The highest BCUT2D eigenvalue weighted by molar-refractivity contribution is 5.94. The van der Waals surface area contributed by atoms with E-state index in [0.717, 1.165) is 45.3 Å². The highest BCUT2D eigenvalue weighted by Crippen LogP contribution is 2.26. The van der Waals surface area contributed by atoms with Gasteiger partial charge >= 0.3 is 0 Å². The smallest absolute Gasteiger partial charge is 0.136 e. The van der Waals surface area contributed by atoms with E-state index in [9.17, 15) is 0 Å². The number of methoxy groups -OCH3 is 3. The van der Waals surface area contributed by atoms with Crippen LogP contribution in [0.2, 0.25) is 0 Å². The maximum absolute atomic E-state index is 5.66. The molecule has 3 rings (SSSR count). The van der Waals surface area contributed by atoms with Gasteiger partial charge in [-0.05, 0) is 73.2 Å². The van der Waals surface area contributed by atoms with Crippen molar-refractivity contribution in [2.45, 2.75) is 6.92 Å². The summed E-state index contributed by atoms with van der Waals surface area (Å²) in [4.78, 5) is 9.12. The maximum Gasteiger partial charge on any atom is 0.136 e. The van der Waals surface area contributed by atoms with E-state index in [4.69, 9.17) is 14.2 Å². The Bertz CT molecular complexity index is 929. The molecule has 0 aliphatic carbocycles. The molecule has 0 fully saturated rings. The first-order valence-corrected chi connectivity index (χ1v) is 9.18. The summed E-state index contributed by atoms with van der Waals surface area (Å²) in [5.41, 5.74) is 4.54. The van der Waals surface area contributed by atoms with Crippen LogP contribution >= 0.6 is 0 Å². The second kappa shape index (κ2) is 9.55. The van der Waals surface area contributed by atoms with Crippen LogP contribution in [-0.4, -0.2) is 33.8 Å². The first-order valence-electron chi connectivity index (χ1n) is 9.18. The van der Waals surface area contributed by atoms with Crippen molar-refractivity contribution in [2.24, 2.45) is 9.98 Å². The molecule has 3 aromatic rings. The van der Waals surface area contributed by atoms with E-state index in [-0.39, 0.29) is 0 Å². The van der Waals surface area contributed by atoms with Crippen LogP contribution in [0.4, 0.5) is 11.4 Å². The summed E-state index contributed by atoms with van der Waals surface area (Å²) in [5.74, 6) is 2.33. The van der Waals surface area contributed by atoms with Gasteiger partial charge in [-0.25, -0.2) is 0 Å². The SMILES string of the molecule is COc1ccc(N=Cc2cc(C)cc(C=Nc3ccc(OC)cc3)c2OC)cc1. The molecular formula is C24H24N2O3. The van der Waals surface area contributed by atoms with Gasteiger partial charge in [-0.1, -0.05) is 0 Å². The van der Waals surface area contributed by atoms with E-state index >= 15 is 0 Å². The van der Waals surface area contributed by atoms with Crippen LogP contribution in [0.1, 0.15) is 16.7 Å². The summed E-state index contributed by atoms with van der Waals surface area (Å²) in [7, 11) is 4.94. The summed E-state index contributed by atoms with van der Waals surface area (Å²) < 4.78 is 16.0. The number of benzene rings is 3. The third kappa shape index (κ3) is 5.23. The third-order valence-corrected chi connectivity index (χ3v) is 4.35. The molecule has 0 heterocycles. The molecule has 0 bridgehead atoms. The van der Waals surface area contributed by atoms with E-state index in [1.54, 1.807) is 33.8 Å². The fourth-order valence-electron chi connectivity index (χ4n) is 2.88. The summed E-state index contributed by atoms with van der Waals surface area (Å²) in [5, 5.41) is 0. The molecule has 148 valence electrons. The summed E-state index contributed by atoms with van der Waals surface area (Å²) in [6.45, 7) is 2.04. The number of hydrogen-bond donors (Lipinski definition) is 0. The zero-order valence-corrected chi connectivity index (χ0v) is 17.0. The van der Waals surface area contributed by atoms with Gasteiger partial charge in [-0.15, -0.1) is 0 Å². The zero-order valence-electron chi connectivity index (χ0n) is 17.0. The van der Waals surface area contributed by atoms with Crippen LogP contribution in [0.15, 0.2) is 70.6 Å². The van der Waals surface area contributed by atoms with Crippen LogP contribution in [0, 0.1) is 6.92 Å². The second-order valence-corrected chi connectivity index (χ2v) is 6.39. The lowest BCUT2D eigenvalue weighted by Crippen LogP contribution is -1.98. The van der Waals surface area contributed by atoms with Crippen LogP contribution in [-0.2, 0) is 0 Å². The first kappa shape index (κ1) is 20.1. The molecule has 0 aliphatic heterocycles. The second-order valence-electron chi connectivity index (χ2n) is 6.39. The van der Waals surface area contributed by atoms with Gasteiger partial charge in [0, 0.05) is 23.6 Å². The number of ether oxygens (including phenoxy) is 3. The van der Waals surface area contributed by atoms with E-state index in [2.05, 4.69) is 9.98 Å². The van der Waals surface area contributed by atoms with Gasteiger partial charge in [-0.2, -0.15) is 0 Å². The Morgan fingerprint density at radius 2 is 1.03 bits per heavy atom. The Morgan fingerprint density at radius 3 is 1.38 bits per heavy atom. The lowest BCUT2D eigenvalue weighted by atomic mass is 10.1. The molecule has 0 unspecified atom stereocenters. The third-order valence-electron chi connectivity index (χ3n) is 4.35. The van der Waals surface area contributed by atoms with Gasteiger partial charge in [0.15, 0.2) is 0 Å². The standard InChI is InChI=1S/C24H24N2O3/c1-17-13-18(15-25-20-5-9-22(27-2)10-6-20)24(29-4)19(14-17)16-26-21-7-11-23(28-3)12-8-21/h5-16H,1-4H3. The molecule has 3 aromatic carbocycles. The fourth-order valence-corrected chi connectivity index (χ4v) is 2.88. The number of rotatable bonds is 7. The Labute approximate surface area is 171 Å². The number of nitrogens with zero attached hydrogens (tertiary/aromatic N) is 2. The highest BCUT2D eigenvalue weighted by Gasteiger charge is 2.08. The molecule has 0 aliphatic rings. The van der Waals surface area contributed by atoms with E-state index in [0.29, 0.717) is 0 Å². The van der Waals surface area contributed by atoms with Crippen molar-refractivity contribution in [1.82, 2.24) is 0 Å². The fraction of sp³-hybridized carbons (Fsp3) is 0.167. The van der Waals surface area contributed by atoms with Crippen molar-refractivity contribution >= 4 is 23.8 Å². The lowest BCUT2D eigenvalue weighted by Gasteiger charge is -2.10. The Hall–Kier alpha value is -3.60. The molecule has 0 radical (unpaired) electrons. The van der Waals surface area contributed by atoms with Crippen molar-refractivity contribution in [3.05, 3.63) is 77.4 Å². The van der Waals surface area contributed by atoms with Crippen molar-refractivity contribution < 1.29 is 14.2 Å². The van der Waals surface area contributed by atoms with E-state index in [1.165, 1.54) is 0 Å². The Kier molecular flexibility index (Phi) is 6.63. The van der Waals surface area contributed by atoms with Crippen LogP contribution in [0.3, 0.4) is 0 Å². The highest BCUT2D eigenvalue weighted by atomic mass is 16.5. The number of hydrogen-bond acceptors (Lipinski definition) is 5. The largest absolute Gasteiger partial charge is 0.497 e. The first-order chi connectivity index (χ1) is 14.1. The van der Waals surface area contributed by atoms with Gasteiger partial charge < -0.3 is 14.2 Å². The van der Waals surface area contributed by atoms with Crippen molar-refractivity contribution in [2.75, 3.05) is 21.3 Å². The minimum Gasteiger partial charge on any atom is -0.497 e. The predicted octanol–water partition coefficient (Wildman–Crippen LogP) is 5.52. The lowest BCUT2D eigenvalue weighted by molar-refractivity contribution is 0.413. The van der Waals surface area contributed by atoms with Gasteiger partial charge in [0.25, 0.3) is 0 Å². The molecule has 0 saturated heterocycles. The zero-order chi connectivity index (χ0) is 20.6.